The van der Waals surface area contributed by atoms with E-state index in [1.54, 1.807) is 74.5 Å². The molecule has 1 unspecified atom stereocenters. The van der Waals surface area contributed by atoms with Gasteiger partial charge in [0.1, 0.15) is 34.5 Å². The third-order valence-corrected chi connectivity index (χ3v) is 13.2. The lowest BCUT2D eigenvalue weighted by atomic mass is 9.78. The summed E-state index contributed by atoms with van der Waals surface area (Å²) in [5, 5.41) is 7.28. The molecule has 57 heavy (non-hydrogen) atoms. The number of hydrogen-bond donors (Lipinski definition) is 2. The first kappa shape index (κ1) is 44.3. The minimum absolute atomic E-state index is 0.322. The van der Waals surface area contributed by atoms with Gasteiger partial charge in [-0.25, -0.2) is 13.9 Å². The second kappa shape index (κ2) is 20.1. The number of benzene rings is 6. The lowest BCUT2D eigenvalue weighted by molar-refractivity contribution is 0.157. The number of para-hydroxylation sites is 4. The average molecular weight is 826 g/mol. The molecule has 2 N–H and O–H groups in total. The van der Waals surface area contributed by atoms with Crippen molar-refractivity contribution in [2.45, 2.75) is 58.0 Å². The fourth-order valence-electron chi connectivity index (χ4n) is 5.29. The largest absolute Gasteiger partial charge is 0.508 e. The maximum atomic E-state index is 14.4. The van der Waals surface area contributed by atoms with Gasteiger partial charge in [-0.15, -0.1) is 0 Å². The number of phenolic OH excluding ortho intramolecular Hbond substituents is 1. The number of ether oxygens (including phenoxy) is 1. The fraction of sp³-hybridized carbons (Fsp3) is 0.200. The van der Waals surface area contributed by atoms with E-state index >= 15 is 0 Å². The Kier molecular flexibility index (Phi) is 15.7. The molecule has 6 rings (SSSR count). The Labute approximate surface area is 341 Å². The predicted molar refractivity (Wildman–Crippen MR) is 230 cm³/mol. The molecule has 0 saturated heterocycles. The molecule has 12 heteroatoms. The van der Waals surface area contributed by atoms with Crippen LogP contribution in [0.2, 0.25) is 0 Å². The Bertz CT molecular complexity index is 2140. The lowest BCUT2D eigenvalue weighted by Gasteiger charge is -2.33. The zero-order valence-electron chi connectivity index (χ0n) is 32.9. The summed E-state index contributed by atoms with van der Waals surface area (Å²) in [6, 6.07) is 50.9. The molecule has 0 aromatic heterocycles. The Hall–Kier alpha value is -5.40. The first-order valence-corrected chi connectivity index (χ1v) is 21.7. The predicted octanol–water partition coefficient (Wildman–Crippen LogP) is 13.2. The minimum Gasteiger partial charge on any atom is -0.508 e. The van der Waals surface area contributed by atoms with E-state index < -0.39 is 25.9 Å². The molecule has 0 amide bonds. The molecule has 6 aromatic rings. The summed E-state index contributed by atoms with van der Waals surface area (Å²) in [6.45, 7) is 11.3. The van der Waals surface area contributed by atoms with Gasteiger partial charge in [0.05, 0.1) is 5.66 Å². The smallest absolute Gasteiger partial charge is 0.473 e. The van der Waals surface area contributed by atoms with Crippen LogP contribution in [0.25, 0.3) is 0 Å². The average Bonchev–Trinajstić information content (AvgIpc) is 3.20. The zero-order valence-corrected chi connectivity index (χ0v) is 35.5. The second-order valence-electron chi connectivity index (χ2n) is 14.0. The van der Waals surface area contributed by atoms with Crippen molar-refractivity contribution in [2.75, 3.05) is 0 Å². The van der Waals surface area contributed by atoms with Crippen molar-refractivity contribution >= 4 is 27.6 Å². The molecule has 0 radical (unpaired) electrons. The maximum absolute atomic E-state index is 14.4. The highest BCUT2D eigenvalue weighted by Gasteiger charge is 2.49. The molecule has 0 fully saturated rings. The van der Waals surface area contributed by atoms with Crippen molar-refractivity contribution in [3.8, 4) is 34.5 Å². The Morgan fingerprint density at radius 1 is 0.491 bits per heavy atom. The van der Waals surface area contributed by atoms with Gasteiger partial charge in [-0.3, -0.25) is 0 Å². The molecule has 9 nitrogen and oxygen atoms in total. The van der Waals surface area contributed by atoms with Crippen LogP contribution in [0.3, 0.4) is 0 Å². The van der Waals surface area contributed by atoms with E-state index in [-0.39, 0.29) is 5.66 Å². The van der Waals surface area contributed by atoms with E-state index in [1.165, 1.54) is 0 Å². The molecule has 0 aliphatic heterocycles. The molecule has 0 heterocycles. The van der Waals surface area contributed by atoms with Crippen molar-refractivity contribution < 1.29 is 37.1 Å². The van der Waals surface area contributed by atoms with Gasteiger partial charge in [-0.05, 0) is 112 Å². The highest BCUT2D eigenvalue weighted by Crippen LogP contribution is 2.59. The van der Waals surface area contributed by atoms with Crippen molar-refractivity contribution in [1.82, 2.24) is 0 Å². The Balaban J connectivity index is 0.000000712. The SMILES string of the molecule is CC(C)P(=O)(Oc1ccccc1)Oc1ccc(C(C)(C)c2ccc(OC(C)(C)P(=O)(Oc3ccccc3)Oc3ccccc3)cc2)cc1.N=S.Oc1ccccc1. The van der Waals surface area contributed by atoms with Gasteiger partial charge in [0.25, 0.3) is 0 Å². The summed E-state index contributed by atoms with van der Waals surface area (Å²) >= 11 is 3.33. The third kappa shape index (κ3) is 12.3. The van der Waals surface area contributed by atoms with Gasteiger partial charge in [-0.1, -0.05) is 111 Å². The standard InChI is InChI=1S/C39H42O7P2.C6H6O.HNS/c1-30(2)47(40,43-34-16-10-7-11-17-34)44-37-28-24-32(25-29-37)38(3,4)31-22-26-33(27-23-31)42-39(5,6)48(41,45-35-18-12-8-13-19-35)46-36-20-14-9-15-21-36;7-6-4-2-1-3-5-6;1-2/h7-30H,1-6H3;1-5,7H;1H. The summed E-state index contributed by atoms with van der Waals surface area (Å²) < 4.78 is 63.6. The Morgan fingerprint density at radius 2 is 0.807 bits per heavy atom. The second-order valence-corrected chi connectivity index (χ2v) is 18.9. The summed E-state index contributed by atoms with van der Waals surface area (Å²) in [4.78, 5) is 0. The van der Waals surface area contributed by atoms with Crippen LogP contribution >= 0.6 is 15.2 Å². The van der Waals surface area contributed by atoms with Crippen LogP contribution in [0.15, 0.2) is 170 Å². The van der Waals surface area contributed by atoms with Crippen LogP contribution < -0.4 is 22.8 Å². The summed E-state index contributed by atoms with van der Waals surface area (Å²) in [5.74, 6) is 2.63. The summed E-state index contributed by atoms with van der Waals surface area (Å²) in [7, 11) is -7.41. The molecule has 298 valence electrons. The van der Waals surface area contributed by atoms with Crippen LogP contribution in [0.1, 0.15) is 52.7 Å². The number of phenols is 1. The highest BCUT2D eigenvalue weighted by atomic mass is 32.1. The van der Waals surface area contributed by atoms with E-state index in [0.29, 0.717) is 34.5 Å². The lowest BCUT2D eigenvalue weighted by Crippen LogP contribution is -2.33. The van der Waals surface area contributed by atoms with Crippen LogP contribution in [0.4, 0.5) is 0 Å². The summed E-state index contributed by atoms with van der Waals surface area (Å²) in [5.41, 5.74) is 1.33. The van der Waals surface area contributed by atoms with E-state index in [9.17, 15) is 9.13 Å². The molecule has 0 saturated carbocycles. The number of hydrogen-bond acceptors (Lipinski definition) is 10. The fourth-order valence-corrected chi connectivity index (χ4v) is 8.08. The van der Waals surface area contributed by atoms with E-state index in [0.717, 1.165) is 11.1 Å². The van der Waals surface area contributed by atoms with Crippen molar-refractivity contribution in [3.05, 3.63) is 181 Å². The van der Waals surface area contributed by atoms with Crippen LogP contribution in [-0.4, -0.2) is 16.1 Å². The molecule has 0 spiro atoms. The zero-order chi connectivity index (χ0) is 41.5. The van der Waals surface area contributed by atoms with Crippen molar-refractivity contribution in [3.63, 3.8) is 0 Å². The Morgan fingerprint density at radius 3 is 1.14 bits per heavy atom. The van der Waals surface area contributed by atoms with Crippen molar-refractivity contribution in [2.24, 2.45) is 0 Å². The molecule has 6 aromatic carbocycles. The van der Waals surface area contributed by atoms with Crippen LogP contribution in [0, 0.1) is 4.78 Å². The first-order chi connectivity index (χ1) is 27.2. The third-order valence-electron chi connectivity index (χ3n) is 8.71. The number of nitrogens with one attached hydrogen (secondary N) is 1. The molecular weight excluding hydrogens is 777 g/mol. The highest BCUT2D eigenvalue weighted by molar-refractivity contribution is 7.56. The monoisotopic (exact) mass is 825 g/mol. The maximum Gasteiger partial charge on any atom is 0.473 e. The molecule has 1 atom stereocenters. The van der Waals surface area contributed by atoms with E-state index in [4.69, 9.17) is 32.7 Å². The first-order valence-electron chi connectivity index (χ1n) is 18.2. The molecule has 0 aliphatic rings. The summed E-state index contributed by atoms with van der Waals surface area (Å²) in [6.07, 6.45) is 0. The topological polar surface area (TPSA) is 124 Å². The van der Waals surface area contributed by atoms with E-state index in [1.807, 2.05) is 123 Å². The van der Waals surface area contributed by atoms with Gasteiger partial charge in [0, 0.05) is 17.8 Å². The molecular formula is C45H49NO8P2S. The van der Waals surface area contributed by atoms with Gasteiger partial charge >= 0.3 is 15.2 Å². The van der Waals surface area contributed by atoms with Gasteiger partial charge in [-0.2, -0.15) is 0 Å². The van der Waals surface area contributed by atoms with Crippen LogP contribution in [-0.2, 0) is 27.0 Å². The van der Waals surface area contributed by atoms with Crippen molar-refractivity contribution in [1.29, 1.82) is 4.78 Å². The van der Waals surface area contributed by atoms with Gasteiger partial charge < -0.3 is 27.9 Å². The molecule has 0 aliphatic carbocycles. The van der Waals surface area contributed by atoms with Gasteiger partial charge in [0.2, 0.25) is 5.34 Å². The van der Waals surface area contributed by atoms with Crippen LogP contribution in [0.5, 0.6) is 34.5 Å². The van der Waals surface area contributed by atoms with Gasteiger partial charge in [0.15, 0.2) is 0 Å². The minimum atomic E-state index is -3.93. The van der Waals surface area contributed by atoms with E-state index in [2.05, 4.69) is 26.3 Å². The number of aromatic hydroxyl groups is 1. The normalized spacial score (nSPS) is 12.3. The number of rotatable bonds is 14. The quantitative estimate of drug-likeness (QED) is 0.103. The molecule has 0 bridgehead atoms.